The van der Waals surface area contributed by atoms with Gasteiger partial charge in [0.2, 0.25) is 5.60 Å². The Bertz CT molecular complexity index is 645. The van der Waals surface area contributed by atoms with Crippen molar-refractivity contribution in [1.29, 1.82) is 0 Å². The van der Waals surface area contributed by atoms with Crippen molar-refractivity contribution in [3.63, 3.8) is 0 Å². The van der Waals surface area contributed by atoms with Gasteiger partial charge in [-0.05, 0) is 26.0 Å². The number of methoxy groups -OCH3 is 1. The summed E-state index contributed by atoms with van der Waals surface area (Å²) in [4.78, 5) is 12.1. The summed E-state index contributed by atoms with van der Waals surface area (Å²) >= 11 is 0. The number of benzene rings is 1. The van der Waals surface area contributed by atoms with E-state index in [-0.39, 0.29) is 18.1 Å². The minimum Gasteiger partial charge on any atom is -0.467 e. The van der Waals surface area contributed by atoms with E-state index in [0.29, 0.717) is 6.61 Å². The third-order valence-electron chi connectivity index (χ3n) is 3.67. The molecule has 0 N–H and O–H groups in total. The molecule has 0 aromatic heterocycles. The van der Waals surface area contributed by atoms with Crippen molar-refractivity contribution >= 4 is 16.1 Å². The van der Waals surface area contributed by atoms with Gasteiger partial charge in [0.1, 0.15) is 6.10 Å². The number of carbonyl (C=O) groups is 1. The minimum atomic E-state index is -4.05. The molecule has 1 heterocycles. The number of carbonyl (C=O) groups excluding carboxylic acids is 1. The normalized spacial score (nSPS) is 23.3. The summed E-state index contributed by atoms with van der Waals surface area (Å²) in [6.45, 7) is 3.62. The van der Waals surface area contributed by atoms with Crippen LogP contribution in [-0.4, -0.2) is 53.0 Å². The molecule has 1 aliphatic heterocycles. The molecule has 0 saturated carbocycles. The Labute approximate surface area is 135 Å². The lowest BCUT2D eigenvalue weighted by Crippen LogP contribution is -2.58. The van der Waals surface area contributed by atoms with Crippen LogP contribution in [0.3, 0.4) is 0 Å². The molecule has 7 nitrogen and oxygen atoms in total. The summed E-state index contributed by atoms with van der Waals surface area (Å²) in [6, 6.07) is 6.22. The van der Waals surface area contributed by atoms with Crippen molar-refractivity contribution in [2.24, 2.45) is 0 Å². The quantitative estimate of drug-likeness (QED) is 0.582. The van der Waals surface area contributed by atoms with Crippen LogP contribution in [-0.2, 0) is 33.3 Å². The first-order chi connectivity index (χ1) is 10.8. The van der Waals surface area contributed by atoms with E-state index in [9.17, 15) is 13.2 Å². The molecule has 128 valence electrons. The highest BCUT2D eigenvalue weighted by molar-refractivity contribution is 7.86. The van der Waals surface area contributed by atoms with E-state index in [1.54, 1.807) is 12.1 Å². The zero-order valence-electron chi connectivity index (χ0n) is 13.3. The minimum absolute atomic E-state index is 0.00620. The molecule has 8 heteroatoms. The molecule has 23 heavy (non-hydrogen) atoms. The Hall–Kier alpha value is -1.48. The van der Waals surface area contributed by atoms with Gasteiger partial charge in [-0.25, -0.2) is 4.79 Å². The molecule has 2 rings (SSSR count). The van der Waals surface area contributed by atoms with Crippen molar-refractivity contribution in [1.82, 2.24) is 0 Å². The Kier molecular flexibility index (Phi) is 5.41. The predicted octanol–water partition coefficient (Wildman–Crippen LogP) is 1.05. The Balaban J connectivity index is 2.25. The van der Waals surface area contributed by atoms with E-state index in [1.807, 2.05) is 6.92 Å². The van der Waals surface area contributed by atoms with Crippen LogP contribution >= 0.6 is 0 Å². The number of hydrogen-bond acceptors (Lipinski definition) is 7. The molecule has 1 aromatic carbocycles. The van der Waals surface area contributed by atoms with E-state index in [2.05, 4.69) is 0 Å². The summed E-state index contributed by atoms with van der Waals surface area (Å²) < 4.78 is 45.4. The zero-order chi connectivity index (χ0) is 17.1. The third kappa shape index (κ3) is 3.72. The van der Waals surface area contributed by atoms with Gasteiger partial charge in [0.25, 0.3) is 10.1 Å². The molecule has 2 unspecified atom stereocenters. The molecule has 0 amide bonds. The molecule has 0 aliphatic carbocycles. The lowest BCUT2D eigenvalue weighted by atomic mass is 9.98. The second kappa shape index (κ2) is 6.96. The molecule has 0 bridgehead atoms. The van der Waals surface area contributed by atoms with Gasteiger partial charge in [-0.2, -0.15) is 8.42 Å². The first kappa shape index (κ1) is 17.9. The zero-order valence-corrected chi connectivity index (χ0v) is 14.1. The van der Waals surface area contributed by atoms with Crippen molar-refractivity contribution < 1.29 is 31.6 Å². The van der Waals surface area contributed by atoms with Crippen molar-refractivity contribution in [3.8, 4) is 0 Å². The van der Waals surface area contributed by atoms with Gasteiger partial charge < -0.3 is 14.2 Å². The van der Waals surface area contributed by atoms with E-state index in [4.69, 9.17) is 18.4 Å². The molecular weight excluding hydrogens is 324 g/mol. The highest BCUT2D eigenvalue weighted by atomic mass is 32.2. The standard InChI is InChI=1S/C15H20O7S/c1-11-4-6-13(7-5-11)23(17,18)22-12(2)15(14(16)19-3)10-20-8-9-21-15/h4-7,12H,8-10H2,1-3H3. The molecule has 1 aliphatic rings. The van der Waals surface area contributed by atoms with Gasteiger partial charge in [0.05, 0.1) is 31.8 Å². The maximum absolute atomic E-state index is 12.4. The summed E-state index contributed by atoms with van der Waals surface area (Å²) in [7, 11) is -2.85. The predicted molar refractivity (Wildman–Crippen MR) is 80.4 cm³/mol. The average Bonchev–Trinajstić information content (AvgIpc) is 2.54. The second-order valence-electron chi connectivity index (χ2n) is 5.29. The SMILES string of the molecule is COC(=O)C1(C(C)OS(=O)(=O)c2ccc(C)cc2)COCCO1. The smallest absolute Gasteiger partial charge is 0.343 e. The number of ether oxygens (including phenoxy) is 3. The molecule has 2 atom stereocenters. The molecule has 1 aromatic rings. The fourth-order valence-electron chi connectivity index (χ4n) is 2.27. The average molecular weight is 344 g/mol. The number of aryl methyl sites for hydroxylation is 1. The van der Waals surface area contributed by atoms with Gasteiger partial charge in [-0.15, -0.1) is 0 Å². The van der Waals surface area contributed by atoms with Gasteiger partial charge >= 0.3 is 5.97 Å². The van der Waals surface area contributed by atoms with Crippen LogP contribution in [0.15, 0.2) is 29.2 Å². The maximum atomic E-state index is 12.4. The van der Waals surface area contributed by atoms with Crippen molar-refractivity contribution in [2.45, 2.75) is 30.4 Å². The van der Waals surface area contributed by atoms with E-state index >= 15 is 0 Å². The lowest BCUT2D eigenvalue weighted by molar-refractivity contribution is -0.215. The van der Waals surface area contributed by atoms with E-state index in [1.165, 1.54) is 26.2 Å². The summed E-state index contributed by atoms with van der Waals surface area (Å²) in [6.07, 6.45) is -1.11. The monoisotopic (exact) mass is 344 g/mol. The van der Waals surface area contributed by atoms with Crippen LogP contribution in [0.4, 0.5) is 0 Å². The molecule has 0 spiro atoms. The Morgan fingerprint density at radius 2 is 1.91 bits per heavy atom. The first-order valence-electron chi connectivity index (χ1n) is 7.12. The maximum Gasteiger partial charge on any atom is 0.343 e. The summed E-state index contributed by atoms with van der Waals surface area (Å²) in [5, 5.41) is 0. The summed E-state index contributed by atoms with van der Waals surface area (Å²) in [5.74, 6) is -0.733. The van der Waals surface area contributed by atoms with E-state index in [0.717, 1.165) is 5.56 Å². The van der Waals surface area contributed by atoms with Crippen LogP contribution in [0.25, 0.3) is 0 Å². The highest BCUT2D eigenvalue weighted by Crippen LogP contribution is 2.27. The topological polar surface area (TPSA) is 88.1 Å². The molecule has 0 radical (unpaired) electrons. The first-order valence-corrected chi connectivity index (χ1v) is 8.53. The molecular formula is C15H20O7S. The molecule has 1 saturated heterocycles. The van der Waals surface area contributed by atoms with Crippen LogP contribution in [0.5, 0.6) is 0 Å². The third-order valence-corrected chi connectivity index (χ3v) is 5.06. The van der Waals surface area contributed by atoms with Crippen LogP contribution in [0.2, 0.25) is 0 Å². The molecule has 1 fully saturated rings. The largest absolute Gasteiger partial charge is 0.467 e. The van der Waals surface area contributed by atoms with Gasteiger partial charge in [0.15, 0.2) is 0 Å². The highest BCUT2D eigenvalue weighted by Gasteiger charge is 2.50. The van der Waals surface area contributed by atoms with Crippen LogP contribution in [0.1, 0.15) is 12.5 Å². The van der Waals surface area contributed by atoms with E-state index < -0.39 is 27.8 Å². The Morgan fingerprint density at radius 1 is 1.26 bits per heavy atom. The van der Waals surface area contributed by atoms with Gasteiger partial charge in [0, 0.05) is 0 Å². The van der Waals surface area contributed by atoms with Gasteiger partial charge in [-0.1, -0.05) is 17.7 Å². The number of rotatable bonds is 5. The van der Waals surface area contributed by atoms with Crippen LogP contribution < -0.4 is 0 Å². The number of esters is 1. The van der Waals surface area contributed by atoms with Crippen LogP contribution in [0, 0.1) is 6.92 Å². The van der Waals surface area contributed by atoms with Crippen molar-refractivity contribution in [3.05, 3.63) is 29.8 Å². The number of hydrogen-bond donors (Lipinski definition) is 0. The fourth-order valence-corrected chi connectivity index (χ4v) is 3.38. The fraction of sp³-hybridized carbons (Fsp3) is 0.533. The Morgan fingerprint density at radius 3 is 2.43 bits per heavy atom. The second-order valence-corrected chi connectivity index (χ2v) is 6.86. The lowest BCUT2D eigenvalue weighted by Gasteiger charge is -2.37. The van der Waals surface area contributed by atoms with Gasteiger partial charge in [-0.3, -0.25) is 4.18 Å². The summed E-state index contributed by atoms with van der Waals surface area (Å²) in [5.41, 5.74) is -0.683. The van der Waals surface area contributed by atoms with Crippen molar-refractivity contribution in [2.75, 3.05) is 26.9 Å².